The van der Waals surface area contributed by atoms with Crippen LogP contribution in [0.3, 0.4) is 0 Å². The zero-order valence-corrected chi connectivity index (χ0v) is 16.2. The van der Waals surface area contributed by atoms with Crippen LogP contribution in [-0.2, 0) is 11.0 Å². The molecule has 0 aliphatic carbocycles. The largest absolute Gasteiger partial charge is 0.506 e. The fourth-order valence-corrected chi connectivity index (χ4v) is 3.63. The van der Waals surface area contributed by atoms with E-state index in [1.807, 2.05) is 0 Å². The number of hydrogen-bond donors (Lipinski definition) is 2. The fraction of sp³-hybridized carbons (Fsp3) is 0.316. The van der Waals surface area contributed by atoms with Crippen LogP contribution in [0.4, 0.5) is 30.2 Å². The molecule has 2 N–H and O–H groups in total. The Kier molecular flexibility index (Phi) is 6.06. The number of halogens is 4. The summed E-state index contributed by atoms with van der Waals surface area (Å²) in [5.74, 6) is -0.792. The highest BCUT2D eigenvalue weighted by atomic mass is 35.5. The molecule has 11 heteroatoms. The molecule has 2 aromatic rings. The highest BCUT2D eigenvalue weighted by molar-refractivity contribution is 6.31. The molecule has 0 atom stereocenters. The van der Waals surface area contributed by atoms with Crippen LogP contribution in [0.1, 0.15) is 18.4 Å². The third-order valence-electron chi connectivity index (χ3n) is 4.93. The van der Waals surface area contributed by atoms with E-state index in [9.17, 15) is 33.2 Å². The number of rotatable bonds is 4. The van der Waals surface area contributed by atoms with Crippen molar-refractivity contribution in [2.45, 2.75) is 19.0 Å². The lowest BCUT2D eigenvalue weighted by Gasteiger charge is -2.33. The number of nitro groups is 1. The Bertz CT molecular complexity index is 976. The van der Waals surface area contributed by atoms with E-state index in [0.717, 1.165) is 6.07 Å². The van der Waals surface area contributed by atoms with E-state index >= 15 is 0 Å². The van der Waals surface area contributed by atoms with Gasteiger partial charge in [-0.3, -0.25) is 14.9 Å². The molecule has 2 aromatic carbocycles. The molecule has 1 amide bonds. The van der Waals surface area contributed by atoms with Crippen molar-refractivity contribution in [2.75, 3.05) is 23.3 Å². The van der Waals surface area contributed by atoms with Crippen molar-refractivity contribution < 1.29 is 28.0 Å². The third-order valence-corrected chi connectivity index (χ3v) is 5.25. The number of alkyl halides is 3. The molecule has 1 heterocycles. The van der Waals surface area contributed by atoms with Crippen molar-refractivity contribution in [1.82, 2.24) is 0 Å². The van der Waals surface area contributed by atoms with Gasteiger partial charge >= 0.3 is 6.18 Å². The maximum Gasteiger partial charge on any atom is 0.418 e. The first-order valence-corrected chi connectivity index (χ1v) is 9.34. The number of benzene rings is 2. The predicted molar refractivity (Wildman–Crippen MR) is 105 cm³/mol. The zero-order chi connectivity index (χ0) is 22.1. The number of phenolic OH excluding ortho intramolecular Hbond substituents is 1. The summed E-state index contributed by atoms with van der Waals surface area (Å²) in [5.41, 5.74) is -1.70. The SMILES string of the molecule is O=C(Nc1ccccc1O)C1CCN(c2cc(Cl)c(C(F)(F)F)cc2[N+](=O)[O-])CC1. The molecule has 160 valence electrons. The molecule has 1 fully saturated rings. The number of amides is 1. The Labute approximate surface area is 174 Å². The topological polar surface area (TPSA) is 95.7 Å². The second-order valence-electron chi connectivity index (χ2n) is 6.84. The van der Waals surface area contributed by atoms with Crippen LogP contribution >= 0.6 is 11.6 Å². The molecule has 1 saturated heterocycles. The molecular formula is C19H17ClF3N3O4. The summed E-state index contributed by atoms with van der Waals surface area (Å²) in [6, 6.07) is 7.65. The van der Waals surface area contributed by atoms with Crippen molar-refractivity contribution in [1.29, 1.82) is 0 Å². The number of nitrogens with zero attached hydrogens (tertiary/aromatic N) is 2. The van der Waals surface area contributed by atoms with Crippen molar-refractivity contribution in [3.63, 3.8) is 0 Å². The Hall–Kier alpha value is -3.01. The smallest absolute Gasteiger partial charge is 0.418 e. The zero-order valence-electron chi connectivity index (χ0n) is 15.4. The monoisotopic (exact) mass is 443 g/mol. The predicted octanol–water partition coefficient (Wildman–Crippen LogP) is 4.83. The van der Waals surface area contributed by atoms with Crippen LogP contribution in [0.5, 0.6) is 5.75 Å². The number of carbonyl (C=O) groups excluding carboxylic acids is 1. The lowest BCUT2D eigenvalue weighted by Crippen LogP contribution is -2.38. The van der Waals surface area contributed by atoms with Gasteiger partial charge in [0, 0.05) is 25.1 Å². The molecule has 0 saturated carbocycles. The van der Waals surface area contributed by atoms with Crippen LogP contribution < -0.4 is 10.2 Å². The maximum atomic E-state index is 13.0. The molecule has 0 aromatic heterocycles. The summed E-state index contributed by atoms with van der Waals surface area (Å²) >= 11 is 5.74. The molecule has 1 aliphatic rings. The standard InChI is InChI=1S/C19H17ClF3N3O4/c20-13-10-15(16(26(29)30)9-12(13)19(21,22)23)25-7-5-11(6-8-25)18(28)24-14-3-1-2-4-17(14)27/h1-4,9-11,27H,5-8H2,(H,24,28). The molecule has 0 bridgehead atoms. The van der Waals surface area contributed by atoms with Crippen LogP contribution in [0.2, 0.25) is 5.02 Å². The molecule has 1 aliphatic heterocycles. The number of piperidine rings is 1. The minimum Gasteiger partial charge on any atom is -0.506 e. The number of hydrogen-bond acceptors (Lipinski definition) is 5. The molecule has 0 unspecified atom stereocenters. The average Bonchev–Trinajstić information content (AvgIpc) is 2.68. The number of carbonyl (C=O) groups is 1. The highest BCUT2D eigenvalue weighted by Gasteiger charge is 2.37. The normalized spacial score (nSPS) is 15.1. The first kappa shape index (κ1) is 21.7. The van der Waals surface area contributed by atoms with Gasteiger partial charge in [0.1, 0.15) is 11.4 Å². The lowest BCUT2D eigenvalue weighted by molar-refractivity contribution is -0.384. The van der Waals surface area contributed by atoms with Crippen LogP contribution in [-0.4, -0.2) is 29.0 Å². The van der Waals surface area contributed by atoms with E-state index in [4.69, 9.17) is 11.6 Å². The van der Waals surface area contributed by atoms with E-state index < -0.39 is 33.3 Å². The summed E-state index contributed by atoms with van der Waals surface area (Å²) in [6.07, 6.45) is -4.15. The molecule has 7 nitrogen and oxygen atoms in total. The Morgan fingerprint density at radius 1 is 1.23 bits per heavy atom. The van der Waals surface area contributed by atoms with Gasteiger partial charge in [-0.2, -0.15) is 13.2 Å². The summed E-state index contributed by atoms with van der Waals surface area (Å²) in [4.78, 5) is 24.5. The molecule has 3 rings (SSSR count). The second-order valence-corrected chi connectivity index (χ2v) is 7.25. The van der Waals surface area contributed by atoms with Crippen LogP contribution in [0.25, 0.3) is 0 Å². The van der Waals surface area contributed by atoms with Gasteiger partial charge in [0.25, 0.3) is 5.69 Å². The van der Waals surface area contributed by atoms with E-state index in [1.54, 1.807) is 23.1 Å². The number of anilines is 2. The quantitative estimate of drug-likeness (QED) is 0.401. The van der Waals surface area contributed by atoms with Gasteiger partial charge < -0.3 is 15.3 Å². The lowest BCUT2D eigenvalue weighted by atomic mass is 9.95. The van der Waals surface area contributed by atoms with Gasteiger partial charge in [-0.05, 0) is 31.0 Å². The number of nitrogens with one attached hydrogen (secondary N) is 1. The third kappa shape index (κ3) is 4.59. The van der Waals surface area contributed by atoms with Gasteiger partial charge in [0.2, 0.25) is 5.91 Å². The van der Waals surface area contributed by atoms with Gasteiger partial charge in [0.05, 0.1) is 21.2 Å². The first-order valence-electron chi connectivity index (χ1n) is 8.97. The van der Waals surface area contributed by atoms with Gasteiger partial charge in [-0.1, -0.05) is 23.7 Å². The average molecular weight is 444 g/mol. The highest BCUT2D eigenvalue weighted by Crippen LogP contribution is 2.42. The van der Waals surface area contributed by atoms with E-state index in [1.165, 1.54) is 6.07 Å². The van der Waals surface area contributed by atoms with Crippen molar-refractivity contribution in [2.24, 2.45) is 5.92 Å². The first-order chi connectivity index (χ1) is 14.1. The number of para-hydroxylation sites is 2. The van der Waals surface area contributed by atoms with Crippen molar-refractivity contribution >= 4 is 34.6 Å². The van der Waals surface area contributed by atoms with Gasteiger partial charge in [0.15, 0.2) is 0 Å². The Morgan fingerprint density at radius 2 is 1.87 bits per heavy atom. The fourth-order valence-electron chi connectivity index (χ4n) is 3.36. The number of aromatic hydroxyl groups is 1. The van der Waals surface area contributed by atoms with E-state index in [2.05, 4.69) is 5.32 Å². The summed E-state index contributed by atoms with van der Waals surface area (Å²) in [7, 11) is 0. The van der Waals surface area contributed by atoms with Gasteiger partial charge in [-0.25, -0.2) is 0 Å². The number of nitro benzene ring substituents is 1. The summed E-state index contributed by atoms with van der Waals surface area (Å²) in [5, 5.41) is 23.1. The maximum absolute atomic E-state index is 13.0. The number of phenols is 1. The summed E-state index contributed by atoms with van der Waals surface area (Å²) in [6.45, 7) is 0.447. The summed E-state index contributed by atoms with van der Waals surface area (Å²) < 4.78 is 39.1. The van der Waals surface area contributed by atoms with Crippen LogP contribution in [0, 0.1) is 16.0 Å². The molecule has 30 heavy (non-hydrogen) atoms. The van der Waals surface area contributed by atoms with Crippen molar-refractivity contribution in [3.05, 3.63) is 57.1 Å². The second kappa shape index (κ2) is 8.39. The Balaban J connectivity index is 1.74. The Morgan fingerprint density at radius 3 is 2.43 bits per heavy atom. The van der Waals surface area contributed by atoms with Crippen molar-refractivity contribution in [3.8, 4) is 5.75 Å². The van der Waals surface area contributed by atoms with E-state index in [-0.39, 0.29) is 36.1 Å². The van der Waals surface area contributed by atoms with Crippen LogP contribution in [0.15, 0.2) is 36.4 Å². The minimum atomic E-state index is -4.81. The van der Waals surface area contributed by atoms with Gasteiger partial charge in [-0.15, -0.1) is 0 Å². The van der Waals surface area contributed by atoms with E-state index in [0.29, 0.717) is 18.9 Å². The molecule has 0 spiro atoms. The molecular weight excluding hydrogens is 427 g/mol. The molecule has 0 radical (unpaired) electrons. The minimum absolute atomic E-state index is 0.0161.